The molecule has 0 atom stereocenters. The molecule has 174 valence electrons. The van der Waals surface area contributed by atoms with Gasteiger partial charge >= 0.3 is 199 Å². The first kappa shape index (κ1) is 26.8. The molecule has 2 aromatic carbocycles. The van der Waals surface area contributed by atoms with E-state index >= 15 is 0 Å². The minimum atomic E-state index is -2.40. The number of rotatable bonds is 12. The van der Waals surface area contributed by atoms with E-state index < -0.39 is 26.7 Å². The molecular weight excluding hydrogens is 499 g/mol. The Morgan fingerprint density at radius 1 is 0.742 bits per heavy atom. The Hall–Kier alpha value is -0.484. The molecule has 0 aliphatic rings. The number of hydrogen-bond donors (Lipinski definition) is 0. The molecule has 0 saturated heterocycles. The predicted octanol–water partition coefficient (Wildman–Crippen LogP) is 9.28. The van der Waals surface area contributed by atoms with Gasteiger partial charge < -0.3 is 0 Å². The minimum absolute atomic E-state index is 0.218. The maximum absolute atomic E-state index is 6.65. The maximum atomic E-state index is 6.65. The van der Waals surface area contributed by atoms with Gasteiger partial charge in [0.05, 0.1) is 0 Å². The normalized spacial score (nSPS) is 13.0. The molecule has 0 aromatic heterocycles. The Balaban J connectivity index is 2.47. The van der Waals surface area contributed by atoms with Crippen LogP contribution in [0.3, 0.4) is 0 Å². The molecule has 3 heteroatoms. The molecule has 2 rings (SSSR count). The third-order valence-electron chi connectivity index (χ3n) is 7.63. The molecule has 0 N–H and O–H groups in total. The first-order chi connectivity index (χ1) is 14.6. The van der Waals surface area contributed by atoms with Crippen molar-refractivity contribution in [1.82, 2.24) is 0 Å². The molecule has 0 heterocycles. The number of hydrogen-bond acceptors (Lipinski definition) is 1. The number of benzene rings is 2. The fourth-order valence-electron chi connectivity index (χ4n) is 4.42. The van der Waals surface area contributed by atoms with Crippen LogP contribution in [0.25, 0.3) is 10.8 Å². The summed E-state index contributed by atoms with van der Waals surface area (Å²) in [5.74, 6) is 1.06. The van der Waals surface area contributed by atoms with E-state index in [4.69, 9.17) is 4.43 Å². The van der Waals surface area contributed by atoms with Crippen LogP contribution in [0.1, 0.15) is 80.1 Å². The van der Waals surface area contributed by atoms with Crippen molar-refractivity contribution in [3.63, 3.8) is 0 Å². The summed E-state index contributed by atoms with van der Waals surface area (Å²) in [6, 6.07) is 14.3. The molecule has 2 aromatic rings. The van der Waals surface area contributed by atoms with Crippen LogP contribution >= 0.6 is 0 Å². The second-order valence-electron chi connectivity index (χ2n) is 11.2. The van der Waals surface area contributed by atoms with E-state index in [1.165, 1.54) is 62.6 Å². The van der Waals surface area contributed by atoms with Crippen molar-refractivity contribution in [3.05, 3.63) is 36.4 Å². The second-order valence-corrected chi connectivity index (χ2v) is 29.1. The average Bonchev–Trinajstić information content (AvgIpc) is 2.72. The topological polar surface area (TPSA) is 9.23 Å². The second kappa shape index (κ2) is 11.6. The van der Waals surface area contributed by atoms with Gasteiger partial charge in [-0.2, -0.15) is 0 Å². The fourth-order valence-corrected chi connectivity index (χ4v) is 21.4. The molecule has 0 bridgehead atoms. The number of unbranched alkanes of at least 4 members (excludes halogenated alkanes) is 3. The summed E-state index contributed by atoms with van der Waals surface area (Å²) in [5, 5.41) is 2.96. The fraction of sp³-hybridized carbons (Fsp3) is 0.643. The van der Waals surface area contributed by atoms with E-state index in [0.29, 0.717) is 0 Å². The molecule has 1 nitrogen and oxygen atoms in total. The van der Waals surface area contributed by atoms with Crippen LogP contribution in [0.2, 0.25) is 31.4 Å². The van der Waals surface area contributed by atoms with Crippen LogP contribution in [0, 0.1) is 0 Å². The van der Waals surface area contributed by atoms with E-state index in [1.807, 2.05) is 0 Å². The van der Waals surface area contributed by atoms with E-state index in [0.717, 1.165) is 5.75 Å². The van der Waals surface area contributed by atoms with E-state index in [9.17, 15) is 0 Å². The Labute approximate surface area is 198 Å². The molecule has 0 amide bonds. The summed E-state index contributed by atoms with van der Waals surface area (Å²) in [6.07, 6.45) is 8.22. The first-order valence-electron chi connectivity index (χ1n) is 12.8. The van der Waals surface area contributed by atoms with Crippen molar-refractivity contribution < 1.29 is 4.43 Å². The van der Waals surface area contributed by atoms with Crippen LogP contribution in [0.15, 0.2) is 36.4 Å². The summed E-state index contributed by atoms with van der Waals surface area (Å²) >= 11 is -2.40. The van der Waals surface area contributed by atoms with Crippen molar-refractivity contribution in [2.45, 2.75) is 112 Å². The van der Waals surface area contributed by atoms with Crippen molar-refractivity contribution in [1.29, 1.82) is 0 Å². The molecular formula is C28H48OSiSn. The molecule has 31 heavy (non-hydrogen) atoms. The summed E-state index contributed by atoms with van der Waals surface area (Å²) < 4.78 is 13.0. The molecule has 0 radical (unpaired) electrons. The first-order valence-corrected chi connectivity index (χ1v) is 23.2. The zero-order valence-corrected chi connectivity index (χ0v) is 25.6. The monoisotopic (exact) mass is 548 g/mol. The van der Waals surface area contributed by atoms with Gasteiger partial charge in [-0.15, -0.1) is 0 Å². The predicted molar refractivity (Wildman–Crippen MR) is 146 cm³/mol. The van der Waals surface area contributed by atoms with Crippen molar-refractivity contribution in [3.8, 4) is 5.75 Å². The van der Waals surface area contributed by atoms with Gasteiger partial charge in [-0.3, -0.25) is 0 Å². The Kier molecular flexibility index (Phi) is 10.0. The summed E-state index contributed by atoms with van der Waals surface area (Å²) in [5.41, 5.74) is 0. The third-order valence-corrected chi connectivity index (χ3v) is 27.6. The summed E-state index contributed by atoms with van der Waals surface area (Å²) in [6.45, 7) is 18.7. The van der Waals surface area contributed by atoms with Crippen molar-refractivity contribution in [2.75, 3.05) is 0 Å². The van der Waals surface area contributed by atoms with E-state index in [-0.39, 0.29) is 5.04 Å². The summed E-state index contributed by atoms with van der Waals surface area (Å²) in [7, 11) is -1.82. The van der Waals surface area contributed by atoms with Crippen LogP contribution in [-0.4, -0.2) is 26.7 Å². The molecule has 0 fully saturated rings. The van der Waals surface area contributed by atoms with Gasteiger partial charge in [0, 0.05) is 0 Å². The molecule has 0 unspecified atom stereocenters. The Morgan fingerprint density at radius 3 is 1.74 bits per heavy atom. The van der Waals surface area contributed by atoms with E-state index in [1.54, 1.807) is 3.58 Å². The van der Waals surface area contributed by atoms with Crippen LogP contribution in [0.4, 0.5) is 0 Å². The van der Waals surface area contributed by atoms with Gasteiger partial charge in [-0.25, -0.2) is 0 Å². The third kappa shape index (κ3) is 7.00. The molecule has 0 aliphatic carbocycles. The van der Waals surface area contributed by atoms with Crippen LogP contribution < -0.4 is 8.01 Å². The molecule has 0 saturated carbocycles. The Bertz CT molecular complexity index is 800. The number of fused-ring (bicyclic) bond motifs is 1. The SMILES string of the molecule is CCC[CH2][Sn]([CH2]CCC)([CH2]CCC)[c]1ccc2ccc(O[Si](C)(C)C(C)(C)C)cc2c1. The zero-order valence-electron chi connectivity index (χ0n) is 21.7. The van der Waals surface area contributed by atoms with E-state index in [2.05, 4.69) is 91.0 Å². The molecule has 0 spiro atoms. The average molecular weight is 547 g/mol. The quantitative estimate of drug-likeness (QED) is 0.241. The van der Waals surface area contributed by atoms with Gasteiger partial charge in [0.1, 0.15) is 0 Å². The zero-order chi connectivity index (χ0) is 23.1. The van der Waals surface area contributed by atoms with Gasteiger partial charge in [0.2, 0.25) is 0 Å². The van der Waals surface area contributed by atoms with Gasteiger partial charge in [0.15, 0.2) is 0 Å². The van der Waals surface area contributed by atoms with Gasteiger partial charge in [-0.05, 0) is 0 Å². The Morgan fingerprint density at radius 2 is 1.26 bits per heavy atom. The molecule has 0 aliphatic heterocycles. The van der Waals surface area contributed by atoms with Gasteiger partial charge in [0.25, 0.3) is 0 Å². The van der Waals surface area contributed by atoms with Crippen LogP contribution in [0.5, 0.6) is 5.75 Å². The standard InChI is InChI=1S/C16H21OSi.3C4H9.Sn/c1-16(2,3)18(4,5)17-15-11-10-13-8-6-7-9-14(13)12-15;3*1-3-4-2;/h6,8-12H,1-5H3;3*1,3-4H2,2H3;. The van der Waals surface area contributed by atoms with Crippen LogP contribution in [-0.2, 0) is 0 Å². The van der Waals surface area contributed by atoms with Gasteiger partial charge in [-0.1, -0.05) is 0 Å². The summed E-state index contributed by atoms with van der Waals surface area (Å²) in [4.78, 5) is 0. The van der Waals surface area contributed by atoms with Crippen molar-refractivity contribution >= 4 is 41.0 Å². The van der Waals surface area contributed by atoms with Crippen molar-refractivity contribution in [2.24, 2.45) is 0 Å².